The van der Waals surface area contributed by atoms with Crippen molar-refractivity contribution >= 4 is 21.7 Å². The van der Waals surface area contributed by atoms with Crippen molar-refractivity contribution in [2.75, 3.05) is 19.4 Å². The molecule has 0 unspecified atom stereocenters. The Morgan fingerprint density at radius 2 is 1.73 bits per heavy atom. The van der Waals surface area contributed by atoms with E-state index in [0.717, 1.165) is 36.8 Å². The number of amides is 2. The molecule has 2 aromatic carbocycles. The molecule has 0 radical (unpaired) electrons. The van der Waals surface area contributed by atoms with Gasteiger partial charge in [-0.3, -0.25) is 9.59 Å². The largest absolute Gasteiger partial charge is 0.496 e. The highest BCUT2D eigenvalue weighted by Crippen LogP contribution is 2.20. The molecule has 1 saturated carbocycles. The molecule has 1 aliphatic rings. The van der Waals surface area contributed by atoms with Gasteiger partial charge in [-0.05, 0) is 56.0 Å². The monoisotopic (exact) mass is 472 g/mol. The van der Waals surface area contributed by atoms with Gasteiger partial charge in [0.05, 0.1) is 17.6 Å². The maximum atomic E-state index is 12.6. The molecule has 3 rings (SSSR count). The second-order valence-corrected chi connectivity index (χ2v) is 10.5. The van der Waals surface area contributed by atoms with E-state index in [0.29, 0.717) is 24.3 Å². The second kappa shape index (κ2) is 11.3. The zero-order valence-corrected chi connectivity index (χ0v) is 20.0. The minimum Gasteiger partial charge on any atom is -0.496 e. The topological polar surface area (TPSA) is 102 Å². The maximum absolute atomic E-state index is 12.6. The van der Waals surface area contributed by atoms with Crippen molar-refractivity contribution in [1.82, 2.24) is 10.6 Å². The summed E-state index contributed by atoms with van der Waals surface area (Å²) in [4.78, 5) is 24.8. The number of aryl methyl sites for hydroxylation is 1. The maximum Gasteiger partial charge on any atom is 0.255 e. The summed E-state index contributed by atoms with van der Waals surface area (Å²) in [6.07, 6.45) is 5.67. The summed E-state index contributed by atoms with van der Waals surface area (Å²) in [7, 11) is -2.18. The van der Waals surface area contributed by atoms with E-state index in [2.05, 4.69) is 10.6 Å². The number of nitrogens with one attached hydrogen (secondary N) is 2. The van der Waals surface area contributed by atoms with Crippen LogP contribution in [-0.2, 0) is 21.1 Å². The number of ether oxygens (including phenoxy) is 1. The molecule has 0 spiro atoms. The minimum atomic E-state index is -3.70. The van der Waals surface area contributed by atoms with Crippen LogP contribution in [0, 0.1) is 6.92 Å². The molecule has 0 aliphatic heterocycles. The third kappa shape index (κ3) is 7.05. The Labute approximate surface area is 195 Å². The minimum absolute atomic E-state index is 0.0822. The molecule has 0 bridgehead atoms. The first-order valence-corrected chi connectivity index (χ1v) is 13.0. The highest BCUT2D eigenvalue weighted by atomic mass is 32.2. The lowest BCUT2D eigenvalue weighted by Gasteiger charge is -2.22. The van der Waals surface area contributed by atoms with E-state index < -0.39 is 21.5 Å². The molecule has 1 aliphatic carbocycles. The Kier molecular flexibility index (Phi) is 8.49. The molecule has 178 valence electrons. The molecule has 7 nitrogen and oxygen atoms in total. The Hall–Kier alpha value is -2.87. The van der Waals surface area contributed by atoms with Gasteiger partial charge in [-0.15, -0.1) is 0 Å². The molecule has 2 amide bonds. The van der Waals surface area contributed by atoms with Crippen molar-refractivity contribution < 1.29 is 22.7 Å². The summed E-state index contributed by atoms with van der Waals surface area (Å²) < 4.78 is 30.5. The van der Waals surface area contributed by atoms with E-state index in [1.165, 1.54) is 25.7 Å². The van der Waals surface area contributed by atoms with Gasteiger partial charge in [0.15, 0.2) is 9.84 Å². The number of carbonyl (C=O) groups excluding carboxylic acids is 2. The van der Waals surface area contributed by atoms with Gasteiger partial charge >= 0.3 is 0 Å². The van der Waals surface area contributed by atoms with Crippen LogP contribution >= 0.6 is 0 Å². The number of sulfone groups is 1. The second-order valence-electron chi connectivity index (χ2n) is 8.52. The van der Waals surface area contributed by atoms with E-state index in [1.807, 2.05) is 13.0 Å². The van der Waals surface area contributed by atoms with Crippen molar-refractivity contribution in [3.63, 3.8) is 0 Å². The first kappa shape index (κ1) is 24.8. The fraction of sp³-hybridized carbons (Fsp3) is 0.440. The van der Waals surface area contributed by atoms with E-state index in [-0.39, 0.29) is 16.8 Å². The van der Waals surface area contributed by atoms with E-state index in [4.69, 9.17) is 4.74 Å². The average molecular weight is 473 g/mol. The zero-order chi connectivity index (χ0) is 23.8. The zero-order valence-electron chi connectivity index (χ0n) is 19.2. The third-order valence-electron chi connectivity index (χ3n) is 5.87. The van der Waals surface area contributed by atoms with Crippen molar-refractivity contribution in [3.05, 3.63) is 59.2 Å². The molecule has 8 heteroatoms. The lowest BCUT2D eigenvalue weighted by atomic mass is 9.95. The lowest BCUT2D eigenvalue weighted by Crippen LogP contribution is -2.39. The fourth-order valence-electron chi connectivity index (χ4n) is 4.05. The molecule has 0 saturated heterocycles. The first-order valence-electron chi connectivity index (χ1n) is 11.3. The highest BCUT2D eigenvalue weighted by molar-refractivity contribution is 7.92. The van der Waals surface area contributed by atoms with Gasteiger partial charge < -0.3 is 15.4 Å². The van der Waals surface area contributed by atoms with Crippen LogP contribution in [0.1, 0.15) is 53.6 Å². The van der Waals surface area contributed by atoms with Crippen LogP contribution in [-0.4, -0.2) is 45.7 Å². The summed E-state index contributed by atoms with van der Waals surface area (Å²) in [6, 6.07) is 12.0. The van der Waals surface area contributed by atoms with Gasteiger partial charge in [0.1, 0.15) is 11.5 Å². The van der Waals surface area contributed by atoms with Gasteiger partial charge in [0.25, 0.3) is 5.91 Å². The lowest BCUT2D eigenvalue weighted by molar-refractivity contribution is -0.119. The van der Waals surface area contributed by atoms with E-state index in [9.17, 15) is 18.0 Å². The van der Waals surface area contributed by atoms with Gasteiger partial charge in [0, 0.05) is 12.6 Å². The third-order valence-corrected chi connectivity index (χ3v) is 7.51. The van der Waals surface area contributed by atoms with Crippen LogP contribution < -0.4 is 15.4 Å². The first-order chi connectivity index (χ1) is 15.8. The van der Waals surface area contributed by atoms with Gasteiger partial charge in [-0.2, -0.15) is 0 Å². The standard InChI is InChI=1S/C25H32N2O5S/c1-18-8-13-23(32-2)22(16-18)25(29)26-15-14-19-9-11-21(12-10-19)33(30,31)17-24(28)27-20-6-4-3-5-7-20/h8-13,16,20H,3-7,14-15,17H2,1-2H3,(H,26,29)(H,27,28). The van der Waals surface area contributed by atoms with E-state index >= 15 is 0 Å². The summed E-state index contributed by atoms with van der Waals surface area (Å²) in [5.41, 5.74) is 2.33. The van der Waals surface area contributed by atoms with Crippen molar-refractivity contribution in [3.8, 4) is 5.75 Å². The number of rotatable bonds is 9. The Bertz CT molecular complexity index is 1070. The summed E-state index contributed by atoms with van der Waals surface area (Å²) in [5, 5.41) is 5.72. The SMILES string of the molecule is COc1ccc(C)cc1C(=O)NCCc1ccc(S(=O)(=O)CC(=O)NC2CCCCC2)cc1. The van der Waals surface area contributed by atoms with Crippen LogP contribution in [0.15, 0.2) is 47.4 Å². The van der Waals surface area contributed by atoms with Gasteiger partial charge in [-0.25, -0.2) is 8.42 Å². The highest BCUT2D eigenvalue weighted by Gasteiger charge is 2.22. The molecular weight excluding hydrogens is 440 g/mol. The Morgan fingerprint density at radius 3 is 2.39 bits per heavy atom. The molecule has 1 fully saturated rings. The average Bonchev–Trinajstić information content (AvgIpc) is 2.79. The van der Waals surface area contributed by atoms with Gasteiger partial charge in [-0.1, -0.05) is 43.0 Å². The predicted octanol–water partition coefficient (Wildman–Crippen LogP) is 3.20. The fourth-order valence-corrected chi connectivity index (χ4v) is 5.20. The number of hydrogen-bond donors (Lipinski definition) is 2. The number of methoxy groups -OCH3 is 1. The molecule has 2 N–H and O–H groups in total. The Morgan fingerprint density at radius 1 is 1.03 bits per heavy atom. The van der Waals surface area contributed by atoms with Crippen molar-refractivity contribution in [2.45, 2.75) is 56.4 Å². The van der Waals surface area contributed by atoms with Crippen LogP contribution in [0.5, 0.6) is 5.75 Å². The van der Waals surface area contributed by atoms with Crippen molar-refractivity contribution in [1.29, 1.82) is 0 Å². The molecule has 0 atom stereocenters. The molecule has 2 aromatic rings. The summed E-state index contributed by atoms with van der Waals surface area (Å²) in [6.45, 7) is 2.30. The quantitative estimate of drug-likeness (QED) is 0.584. The van der Waals surface area contributed by atoms with E-state index in [1.54, 1.807) is 24.3 Å². The van der Waals surface area contributed by atoms with Crippen LogP contribution in [0.3, 0.4) is 0 Å². The predicted molar refractivity (Wildman–Crippen MR) is 127 cm³/mol. The summed E-state index contributed by atoms with van der Waals surface area (Å²) in [5.74, 6) is -0.698. The smallest absolute Gasteiger partial charge is 0.255 e. The van der Waals surface area contributed by atoms with Crippen LogP contribution in [0.25, 0.3) is 0 Å². The van der Waals surface area contributed by atoms with Gasteiger partial charge in [0.2, 0.25) is 5.91 Å². The number of carbonyl (C=O) groups is 2. The molecule has 33 heavy (non-hydrogen) atoms. The number of benzene rings is 2. The molecule has 0 aromatic heterocycles. The Balaban J connectivity index is 1.51. The van der Waals surface area contributed by atoms with Crippen LogP contribution in [0.2, 0.25) is 0 Å². The normalized spacial score (nSPS) is 14.5. The summed E-state index contributed by atoms with van der Waals surface area (Å²) >= 11 is 0. The van der Waals surface area contributed by atoms with Crippen molar-refractivity contribution in [2.24, 2.45) is 0 Å². The molecule has 0 heterocycles. The molecular formula is C25H32N2O5S. The van der Waals surface area contributed by atoms with Crippen LogP contribution in [0.4, 0.5) is 0 Å². The number of hydrogen-bond acceptors (Lipinski definition) is 5.